The van der Waals surface area contributed by atoms with Gasteiger partial charge in [0.15, 0.2) is 5.76 Å². The van der Waals surface area contributed by atoms with E-state index in [0.717, 1.165) is 0 Å². The summed E-state index contributed by atoms with van der Waals surface area (Å²) in [6, 6.07) is 10.1. The Morgan fingerprint density at radius 3 is 2.76 bits per heavy atom. The van der Waals surface area contributed by atoms with Crippen LogP contribution >= 0.6 is 23.2 Å². The molecule has 2 aromatic rings. The molecular weight excluding hydrogens is 261 g/mol. The van der Waals surface area contributed by atoms with Gasteiger partial charge in [-0.25, -0.2) is 0 Å². The zero-order chi connectivity index (χ0) is 12.3. The lowest BCUT2D eigenvalue weighted by molar-refractivity contribution is 0.0995. The highest BCUT2D eigenvalue weighted by Crippen LogP contribution is 2.17. The van der Waals surface area contributed by atoms with Gasteiger partial charge in [-0.1, -0.05) is 17.7 Å². The standard InChI is InChI=1S/C12H9Cl2NO2/c13-7-10-4-5-11(17-10)12(16)15-9-3-1-2-8(14)6-9/h1-6H,7H2,(H,15,16). The summed E-state index contributed by atoms with van der Waals surface area (Å²) >= 11 is 11.4. The van der Waals surface area contributed by atoms with E-state index in [1.165, 1.54) is 0 Å². The fourth-order valence-electron chi connectivity index (χ4n) is 1.33. The van der Waals surface area contributed by atoms with Gasteiger partial charge < -0.3 is 9.73 Å². The summed E-state index contributed by atoms with van der Waals surface area (Å²) in [6.45, 7) is 0. The Hall–Kier alpha value is -1.45. The summed E-state index contributed by atoms with van der Waals surface area (Å²) in [6.07, 6.45) is 0. The summed E-state index contributed by atoms with van der Waals surface area (Å²) in [4.78, 5) is 11.8. The average Bonchev–Trinajstić information content (AvgIpc) is 2.77. The third-order valence-corrected chi connectivity index (χ3v) is 2.60. The molecule has 0 fully saturated rings. The molecule has 1 aromatic heterocycles. The Balaban J connectivity index is 2.11. The van der Waals surface area contributed by atoms with Crippen molar-refractivity contribution in [2.75, 3.05) is 5.32 Å². The number of amides is 1. The number of benzene rings is 1. The fraction of sp³-hybridized carbons (Fsp3) is 0.0833. The van der Waals surface area contributed by atoms with Crippen LogP contribution in [0.2, 0.25) is 5.02 Å². The SMILES string of the molecule is O=C(Nc1cccc(Cl)c1)c1ccc(CCl)o1. The largest absolute Gasteiger partial charge is 0.455 e. The predicted molar refractivity (Wildman–Crippen MR) is 67.7 cm³/mol. The highest BCUT2D eigenvalue weighted by atomic mass is 35.5. The van der Waals surface area contributed by atoms with Crippen molar-refractivity contribution >= 4 is 34.8 Å². The molecule has 88 valence electrons. The van der Waals surface area contributed by atoms with Gasteiger partial charge in [0.25, 0.3) is 5.91 Å². The molecule has 0 spiro atoms. The number of nitrogens with one attached hydrogen (secondary N) is 1. The van der Waals surface area contributed by atoms with Crippen molar-refractivity contribution in [1.29, 1.82) is 0 Å². The highest BCUT2D eigenvalue weighted by Gasteiger charge is 2.11. The second-order valence-corrected chi connectivity index (χ2v) is 4.07. The van der Waals surface area contributed by atoms with E-state index in [-0.39, 0.29) is 17.5 Å². The Kier molecular flexibility index (Phi) is 3.71. The van der Waals surface area contributed by atoms with Gasteiger partial charge in [-0.15, -0.1) is 11.6 Å². The molecule has 0 bridgehead atoms. The Morgan fingerprint density at radius 1 is 1.29 bits per heavy atom. The summed E-state index contributed by atoms with van der Waals surface area (Å²) in [5.74, 6) is 0.692. The van der Waals surface area contributed by atoms with Crippen molar-refractivity contribution in [2.24, 2.45) is 0 Å². The van der Waals surface area contributed by atoms with E-state index in [1.54, 1.807) is 36.4 Å². The number of hydrogen-bond donors (Lipinski definition) is 1. The first-order valence-electron chi connectivity index (χ1n) is 4.90. The minimum atomic E-state index is -0.330. The molecule has 1 N–H and O–H groups in total. The van der Waals surface area contributed by atoms with E-state index in [4.69, 9.17) is 27.6 Å². The molecule has 17 heavy (non-hydrogen) atoms. The minimum absolute atomic E-state index is 0.223. The van der Waals surface area contributed by atoms with E-state index in [0.29, 0.717) is 16.5 Å². The number of alkyl halides is 1. The molecule has 1 heterocycles. The predicted octanol–water partition coefficient (Wildman–Crippen LogP) is 3.92. The molecule has 0 unspecified atom stereocenters. The van der Waals surface area contributed by atoms with E-state index < -0.39 is 0 Å². The number of halogens is 2. The van der Waals surface area contributed by atoms with Crippen molar-refractivity contribution in [3.05, 3.63) is 52.9 Å². The van der Waals surface area contributed by atoms with Crippen LogP contribution in [0.15, 0.2) is 40.8 Å². The van der Waals surface area contributed by atoms with Crippen molar-refractivity contribution in [3.8, 4) is 0 Å². The van der Waals surface area contributed by atoms with Crippen LogP contribution in [0.4, 0.5) is 5.69 Å². The molecule has 2 rings (SSSR count). The summed E-state index contributed by atoms with van der Waals surface area (Å²) in [5.41, 5.74) is 0.617. The number of hydrogen-bond acceptors (Lipinski definition) is 2. The molecule has 1 aromatic carbocycles. The van der Waals surface area contributed by atoms with Crippen LogP contribution in [0.5, 0.6) is 0 Å². The molecule has 3 nitrogen and oxygen atoms in total. The highest BCUT2D eigenvalue weighted by molar-refractivity contribution is 6.30. The normalized spacial score (nSPS) is 10.2. The van der Waals surface area contributed by atoms with Crippen molar-refractivity contribution in [1.82, 2.24) is 0 Å². The Labute approximate surface area is 108 Å². The van der Waals surface area contributed by atoms with Crippen molar-refractivity contribution in [2.45, 2.75) is 5.88 Å². The Bertz CT molecular complexity index is 537. The van der Waals surface area contributed by atoms with E-state index in [9.17, 15) is 4.79 Å². The topological polar surface area (TPSA) is 42.2 Å². The number of furan rings is 1. The van der Waals surface area contributed by atoms with Crippen LogP contribution in [-0.4, -0.2) is 5.91 Å². The van der Waals surface area contributed by atoms with Gasteiger partial charge in [0.1, 0.15) is 5.76 Å². The zero-order valence-electron chi connectivity index (χ0n) is 8.74. The molecule has 0 atom stereocenters. The smallest absolute Gasteiger partial charge is 0.291 e. The lowest BCUT2D eigenvalue weighted by Gasteiger charge is -2.02. The monoisotopic (exact) mass is 269 g/mol. The van der Waals surface area contributed by atoms with Crippen LogP contribution in [0.1, 0.15) is 16.3 Å². The molecule has 5 heteroatoms. The molecule has 1 amide bonds. The first-order valence-corrected chi connectivity index (χ1v) is 5.82. The lowest BCUT2D eigenvalue weighted by atomic mass is 10.3. The minimum Gasteiger partial charge on any atom is -0.455 e. The maximum absolute atomic E-state index is 11.8. The number of carbonyl (C=O) groups excluding carboxylic acids is 1. The van der Waals surface area contributed by atoms with Gasteiger partial charge in [-0.2, -0.15) is 0 Å². The van der Waals surface area contributed by atoms with Crippen LogP contribution in [0.25, 0.3) is 0 Å². The van der Waals surface area contributed by atoms with Gasteiger partial charge in [-0.3, -0.25) is 4.79 Å². The Morgan fingerprint density at radius 2 is 2.12 bits per heavy atom. The zero-order valence-corrected chi connectivity index (χ0v) is 10.3. The van der Waals surface area contributed by atoms with E-state index >= 15 is 0 Å². The van der Waals surface area contributed by atoms with Crippen LogP contribution < -0.4 is 5.32 Å². The van der Waals surface area contributed by atoms with Crippen LogP contribution in [0, 0.1) is 0 Å². The molecule has 0 saturated heterocycles. The molecule has 0 saturated carbocycles. The summed E-state index contributed by atoms with van der Waals surface area (Å²) in [5, 5.41) is 3.24. The van der Waals surface area contributed by atoms with Crippen molar-refractivity contribution in [3.63, 3.8) is 0 Å². The number of carbonyl (C=O) groups is 1. The summed E-state index contributed by atoms with van der Waals surface area (Å²) in [7, 11) is 0. The molecule has 0 aliphatic rings. The number of anilines is 1. The summed E-state index contributed by atoms with van der Waals surface area (Å²) < 4.78 is 5.22. The maximum atomic E-state index is 11.8. The van der Waals surface area contributed by atoms with Crippen molar-refractivity contribution < 1.29 is 9.21 Å². The second-order valence-electron chi connectivity index (χ2n) is 3.36. The molecule has 0 aliphatic carbocycles. The quantitative estimate of drug-likeness (QED) is 0.859. The fourth-order valence-corrected chi connectivity index (χ4v) is 1.66. The molecule has 0 aliphatic heterocycles. The van der Waals surface area contributed by atoms with Gasteiger partial charge in [0, 0.05) is 10.7 Å². The van der Waals surface area contributed by atoms with Gasteiger partial charge in [0.05, 0.1) is 5.88 Å². The van der Waals surface area contributed by atoms with Gasteiger partial charge in [-0.05, 0) is 30.3 Å². The van der Waals surface area contributed by atoms with E-state index in [2.05, 4.69) is 5.32 Å². The maximum Gasteiger partial charge on any atom is 0.291 e. The second kappa shape index (κ2) is 5.25. The molecular formula is C12H9Cl2NO2. The third kappa shape index (κ3) is 3.02. The van der Waals surface area contributed by atoms with Gasteiger partial charge in [0.2, 0.25) is 0 Å². The number of rotatable bonds is 3. The van der Waals surface area contributed by atoms with Gasteiger partial charge >= 0.3 is 0 Å². The van der Waals surface area contributed by atoms with Crippen LogP contribution in [0.3, 0.4) is 0 Å². The van der Waals surface area contributed by atoms with E-state index in [1.807, 2.05) is 0 Å². The third-order valence-electron chi connectivity index (χ3n) is 2.10. The first-order chi connectivity index (χ1) is 8.19. The average molecular weight is 270 g/mol. The lowest BCUT2D eigenvalue weighted by Crippen LogP contribution is -2.10. The van der Waals surface area contributed by atoms with Crippen LogP contribution in [-0.2, 0) is 5.88 Å². The first kappa shape index (κ1) is 12.0. The molecule has 0 radical (unpaired) electrons.